The summed E-state index contributed by atoms with van der Waals surface area (Å²) < 4.78 is 27.7. The van der Waals surface area contributed by atoms with Crippen molar-refractivity contribution in [1.29, 1.82) is 0 Å². The van der Waals surface area contributed by atoms with Gasteiger partial charge in [0.1, 0.15) is 17.3 Å². The van der Waals surface area contributed by atoms with Crippen molar-refractivity contribution in [3.05, 3.63) is 62.4 Å². The van der Waals surface area contributed by atoms with Crippen LogP contribution in [0, 0.1) is 11.6 Å². The van der Waals surface area contributed by atoms with Gasteiger partial charge in [-0.05, 0) is 12.1 Å². The number of nitrogens with two attached hydrogens (primary N) is 1. The van der Waals surface area contributed by atoms with Crippen molar-refractivity contribution < 1.29 is 8.78 Å². The van der Waals surface area contributed by atoms with Crippen LogP contribution in [0.1, 0.15) is 5.56 Å². The molecule has 94 valence electrons. The number of nitrogens with zero attached hydrogens (tertiary/aromatic N) is 1. The van der Waals surface area contributed by atoms with Gasteiger partial charge in [-0.2, -0.15) is 0 Å². The summed E-state index contributed by atoms with van der Waals surface area (Å²) in [4.78, 5) is 24.4. The zero-order chi connectivity index (χ0) is 13.3. The number of aromatic amines is 1. The highest BCUT2D eigenvalue weighted by Crippen LogP contribution is 2.12. The summed E-state index contributed by atoms with van der Waals surface area (Å²) in [7, 11) is 0. The third-order valence-electron chi connectivity index (χ3n) is 2.43. The summed E-state index contributed by atoms with van der Waals surface area (Å²) >= 11 is 0. The van der Waals surface area contributed by atoms with Gasteiger partial charge in [0.2, 0.25) is 0 Å². The van der Waals surface area contributed by atoms with Crippen LogP contribution >= 0.6 is 0 Å². The van der Waals surface area contributed by atoms with Gasteiger partial charge in [0.25, 0.3) is 5.56 Å². The molecule has 1 aromatic carbocycles. The van der Waals surface area contributed by atoms with Gasteiger partial charge >= 0.3 is 5.69 Å². The number of rotatable bonds is 2. The maximum absolute atomic E-state index is 13.4. The Hall–Kier alpha value is -2.44. The molecule has 7 heteroatoms. The molecule has 0 radical (unpaired) electrons. The fourth-order valence-electron chi connectivity index (χ4n) is 1.50. The van der Waals surface area contributed by atoms with Crippen LogP contribution in [0.5, 0.6) is 0 Å². The van der Waals surface area contributed by atoms with Crippen molar-refractivity contribution >= 4 is 5.69 Å². The minimum Gasteiger partial charge on any atom is -0.393 e. The molecular formula is C11H9F2N3O2. The lowest BCUT2D eigenvalue weighted by molar-refractivity contribution is 0.539. The van der Waals surface area contributed by atoms with E-state index in [1.54, 1.807) is 0 Å². The first-order valence-electron chi connectivity index (χ1n) is 5.01. The normalized spacial score (nSPS) is 10.6. The van der Waals surface area contributed by atoms with E-state index in [4.69, 9.17) is 5.73 Å². The standard InChI is InChI=1S/C11H9F2N3O2/c12-7-2-1-3-8(13)6(7)4-16-5-9(14)10(17)15-11(16)18/h1-3,5H,4,14H2,(H,15,17,18). The predicted molar refractivity (Wildman–Crippen MR) is 61.2 cm³/mol. The number of nitrogens with one attached hydrogen (secondary N) is 1. The molecule has 0 aliphatic rings. The van der Waals surface area contributed by atoms with Gasteiger partial charge < -0.3 is 5.73 Å². The largest absolute Gasteiger partial charge is 0.393 e. The van der Waals surface area contributed by atoms with E-state index in [-0.39, 0.29) is 17.8 Å². The summed E-state index contributed by atoms with van der Waals surface area (Å²) in [6.07, 6.45) is 1.05. The molecule has 0 atom stereocenters. The van der Waals surface area contributed by atoms with E-state index < -0.39 is 22.9 Å². The van der Waals surface area contributed by atoms with Gasteiger partial charge in [0.15, 0.2) is 0 Å². The Morgan fingerprint density at radius 3 is 2.44 bits per heavy atom. The average Bonchev–Trinajstić information content (AvgIpc) is 2.30. The topological polar surface area (TPSA) is 80.9 Å². The van der Waals surface area contributed by atoms with Crippen LogP contribution in [0.25, 0.3) is 0 Å². The summed E-state index contributed by atoms with van der Waals surface area (Å²) in [6.45, 7) is -0.349. The Morgan fingerprint density at radius 1 is 1.22 bits per heavy atom. The third-order valence-corrected chi connectivity index (χ3v) is 2.43. The molecule has 0 spiro atoms. The second-order valence-corrected chi connectivity index (χ2v) is 3.67. The molecule has 18 heavy (non-hydrogen) atoms. The second-order valence-electron chi connectivity index (χ2n) is 3.67. The molecule has 5 nitrogen and oxygen atoms in total. The van der Waals surface area contributed by atoms with Crippen molar-refractivity contribution in [3.8, 4) is 0 Å². The van der Waals surface area contributed by atoms with Gasteiger partial charge in [-0.15, -0.1) is 0 Å². The maximum Gasteiger partial charge on any atom is 0.328 e. The highest BCUT2D eigenvalue weighted by molar-refractivity contribution is 5.31. The highest BCUT2D eigenvalue weighted by Gasteiger charge is 2.10. The fraction of sp³-hybridized carbons (Fsp3) is 0.0909. The van der Waals surface area contributed by atoms with Gasteiger partial charge in [-0.25, -0.2) is 13.6 Å². The molecule has 0 bridgehead atoms. The van der Waals surface area contributed by atoms with Gasteiger partial charge in [0.05, 0.1) is 6.54 Å². The molecule has 0 amide bonds. The van der Waals surface area contributed by atoms with Crippen LogP contribution in [-0.4, -0.2) is 9.55 Å². The Kier molecular flexibility index (Phi) is 2.97. The number of aromatic nitrogens is 2. The zero-order valence-electron chi connectivity index (χ0n) is 9.11. The van der Waals surface area contributed by atoms with Crippen molar-refractivity contribution in [2.24, 2.45) is 0 Å². The smallest absolute Gasteiger partial charge is 0.328 e. The van der Waals surface area contributed by atoms with E-state index >= 15 is 0 Å². The minimum atomic E-state index is -0.781. The molecule has 0 saturated carbocycles. The van der Waals surface area contributed by atoms with Crippen LogP contribution in [0.3, 0.4) is 0 Å². The van der Waals surface area contributed by atoms with Gasteiger partial charge in [0, 0.05) is 11.8 Å². The third kappa shape index (κ3) is 2.15. The first-order chi connectivity index (χ1) is 8.49. The number of hydrogen-bond acceptors (Lipinski definition) is 3. The molecule has 0 unspecified atom stereocenters. The summed E-state index contributed by atoms with van der Waals surface area (Å²) in [5.74, 6) is -1.54. The molecular weight excluding hydrogens is 244 g/mol. The maximum atomic E-state index is 13.4. The lowest BCUT2D eigenvalue weighted by Gasteiger charge is -2.07. The fourth-order valence-corrected chi connectivity index (χ4v) is 1.50. The SMILES string of the molecule is Nc1cn(Cc2c(F)cccc2F)c(=O)[nH]c1=O. The molecule has 0 aliphatic carbocycles. The van der Waals surface area contributed by atoms with Crippen LogP contribution in [0.4, 0.5) is 14.5 Å². The van der Waals surface area contributed by atoms with Crippen LogP contribution in [0.15, 0.2) is 34.0 Å². The number of H-pyrrole nitrogens is 1. The van der Waals surface area contributed by atoms with Crippen molar-refractivity contribution in [2.45, 2.75) is 6.54 Å². The van der Waals surface area contributed by atoms with E-state index in [1.807, 2.05) is 4.98 Å². The highest BCUT2D eigenvalue weighted by atomic mass is 19.1. The molecule has 2 aromatic rings. The number of benzene rings is 1. The number of hydrogen-bond donors (Lipinski definition) is 2. The molecule has 1 heterocycles. The lowest BCUT2D eigenvalue weighted by Crippen LogP contribution is -2.31. The Bertz CT molecular complexity index is 686. The van der Waals surface area contributed by atoms with Crippen LogP contribution in [0.2, 0.25) is 0 Å². The van der Waals surface area contributed by atoms with E-state index in [1.165, 1.54) is 6.07 Å². The monoisotopic (exact) mass is 253 g/mol. The summed E-state index contributed by atoms with van der Waals surface area (Å²) in [5, 5.41) is 0. The van der Waals surface area contributed by atoms with Crippen LogP contribution in [-0.2, 0) is 6.54 Å². The lowest BCUT2D eigenvalue weighted by atomic mass is 10.2. The molecule has 0 saturated heterocycles. The zero-order valence-corrected chi connectivity index (χ0v) is 9.11. The van der Waals surface area contributed by atoms with Crippen LogP contribution < -0.4 is 17.0 Å². The number of halogens is 2. The quantitative estimate of drug-likeness (QED) is 0.815. The molecule has 2 rings (SSSR count). The molecule has 3 N–H and O–H groups in total. The van der Waals surface area contributed by atoms with Crippen molar-refractivity contribution in [1.82, 2.24) is 9.55 Å². The molecule has 0 aliphatic heterocycles. The van der Waals surface area contributed by atoms with Gasteiger partial charge in [-0.3, -0.25) is 14.3 Å². The molecule has 1 aromatic heterocycles. The van der Waals surface area contributed by atoms with Gasteiger partial charge in [-0.1, -0.05) is 6.07 Å². The number of nitrogen functional groups attached to an aromatic ring is 1. The second kappa shape index (κ2) is 4.44. The minimum absolute atomic E-state index is 0.202. The van der Waals surface area contributed by atoms with E-state index in [0.29, 0.717) is 0 Å². The first kappa shape index (κ1) is 12.0. The first-order valence-corrected chi connectivity index (χ1v) is 5.01. The molecule has 0 fully saturated rings. The van der Waals surface area contributed by atoms with E-state index in [0.717, 1.165) is 22.9 Å². The predicted octanol–water partition coefficient (Wildman–Crippen LogP) is 0.445. The summed E-state index contributed by atoms with van der Waals surface area (Å²) in [6, 6.07) is 3.38. The van der Waals surface area contributed by atoms with E-state index in [2.05, 4.69) is 0 Å². The summed E-state index contributed by atoms with van der Waals surface area (Å²) in [5.41, 5.74) is 3.34. The number of anilines is 1. The van der Waals surface area contributed by atoms with Crippen molar-refractivity contribution in [2.75, 3.05) is 5.73 Å². The van der Waals surface area contributed by atoms with E-state index in [9.17, 15) is 18.4 Å². The average molecular weight is 253 g/mol. The Balaban J connectivity index is 2.50. The Labute approximate surface area is 99.5 Å². The Morgan fingerprint density at radius 2 is 1.83 bits per heavy atom. The van der Waals surface area contributed by atoms with Crippen molar-refractivity contribution in [3.63, 3.8) is 0 Å².